The van der Waals surface area contributed by atoms with E-state index in [9.17, 15) is 0 Å². The molecule has 0 saturated heterocycles. The van der Waals surface area contributed by atoms with Crippen LogP contribution in [0.5, 0.6) is 5.75 Å². The number of rotatable bonds is 5. The van der Waals surface area contributed by atoms with Crippen LogP contribution in [0.2, 0.25) is 0 Å². The highest BCUT2D eigenvalue weighted by Gasteiger charge is 2.31. The third-order valence-electron chi connectivity index (χ3n) is 4.68. The molecule has 0 fully saturated rings. The van der Waals surface area contributed by atoms with Gasteiger partial charge in [-0.15, -0.1) is 0 Å². The second-order valence-corrected chi connectivity index (χ2v) is 6.04. The summed E-state index contributed by atoms with van der Waals surface area (Å²) in [7, 11) is 3.85. The van der Waals surface area contributed by atoms with Gasteiger partial charge >= 0.3 is 0 Å². The molecule has 2 aromatic carbocycles. The van der Waals surface area contributed by atoms with Crippen molar-refractivity contribution >= 4 is 13.7 Å². The maximum atomic E-state index is 5.23. The van der Waals surface area contributed by atoms with Crippen LogP contribution in [0.15, 0.2) is 54.6 Å². The quantitative estimate of drug-likeness (QED) is 0.776. The van der Waals surface area contributed by atoms with E-state index in [1.807, 2.05) is 12.1 Å². The Bertz CT molecular complexity index is 566. The summed E-state index contributed by atoms with van der Waals surface area (Å²) in [6.07, 6.45) is 0. The van der Waals surface area contributed by atoms with Crippen LogP contribution in [0.1, 0.15) is 32.3 Å². The Balaban J connectivity index is 2.24. The molecule has 1 atom stereocenters. The van der Waals surface area contributed by atoms with Crippen LogP contribution in [0.25, 0.3) is 0 Å². The largest absolute Gasteiger partial charge is 0.497 e. The Morgan fingerprint density at radius 2 is 1.57 bits per heavy atom. The Morgan fingerprint density at radius 1 is 1.00 bits per heavy atom. The van der Waals surface area contributed by atoms with Crippen LogP contribution in [0.4, 0.5) is 5.69 Å². The zero-order valence-corrected chi connectivity index (χ0v) is 13.6. The van der Waals surface area contributed by atoms with Crippen molar-refractivity contribution in [2.24, 2.45) is 0 Å². The predicted octanol–water partition coefficient (Wildman–Crippen LogP) is 3.63. The molecule has 2 nitrogen and oxygen atoms in total. The summed E-state index contributed by atoms with van der Waals surface area (Å²) in [4.78, 5) is 2.34. The number of anilines is 1. The van der Waals surface area contributed by atoms with Crippen molar-refractivity contribution in [2.75, 3.05) is 11.9 Å². The first-order chi connectivity index (χ1) is 9.96. The predicted molar refractivity (Wildman–Crippen MR) is 93.0 cm³/mol. The molecule has 0 aromatic heterocycles. The lowest BCUT2D eigenvalue weighted by Crippen LogP contribution is -2.46. The van der Waals surface area contributed by atoms with Gasteiger partial charge in [0.15, 0.2) is 0 Å². The molecule has 2 rings (SSSR count). The van der Waals surface area contributed by atoms with Gasteiger partial charge in [-0.2, -0.15) is 0 Å². The molecule has 0 saturated carbocycles. The van der Waals surface area contributed by atoms with Gasteiger partial charge in [0.1, 0.15) is 5.75 Å². The molecule has 21 heavy (non-hydrogen) atoms. The van der Waals surface area contributed by atoms with E-state index in [2.05, 4.69) is 76.0 Å². The summed E-state index contributed by atoms with van der Waals surface area (Å²) in [5.41, 5.74) is 2.57. The summed E-state index contributed by atoms with van der Waals surface area (Å²) < 4.78 is 5.23. The summed E-state index contributed by atoms with van der Waals surface area (Å²) in [6, 6.07) is 18.9. The molecule has 0 bridgehead atoms. The normalized spacial score (nSPS) is 12.8. The van der Waals surface area contributed by atoms with Gasteiger partial charge in [-0.05, 0) is 43.7 Å². The Hall–Kier alpha value is -1.90. The molecule has 2 aromatic rings. The van der Waals surface area contributed by atoms with E-state index in [0.717, 1.165) is 5.75 Å². The topological polar surface area (TPSA) is 12.5 Å². The second kappa shape index (κ2) is 6.25. The van der Waals surface area contributed by atoms with Crippen molar-refractivity contribution in [3.05, 3.63) is 60.2 Å². The Kier molecular flexibility index (Phi) is 4.61. The highest BCUT2D eigenvalue weighted by Crippen LogP contribution is 2.35. The van der Waals surface area contributed by atoms with Crippen molar-refractivity contribution in [1.29, 1.82) is 0 Å². The first kappa shape index (κ1) is 15.5. The molecule has 0 amide bonds. The highest BCUT2D eigenvalue weighted by atomic mass is 16.5. The minimum atomic E-state index is 0.00986. The molecule has 0 radical (unpaired) electrons. The monoisotopic (exact) mass is 281 g/mol. The molecule has 0 N–H and O–H groups in total. The smallest absolute Gasteiger partial charge is 0.218 e. The Morgan fingerprint density at radius 3 is 2.10 bits per heavy atom. The lowest BCUT2D eigenvalue weighted by Gasteiger charge is -2.43. The molecule has 3 heteroatoms. The van der Waals surface area contributed by atoms with Gasteiger partial charge in [-0.1, -0.05) is 37.3 Å². The fraction of sp³-hybridized carbons (Fsp3) is 0.333. The van der Waals surface area contributed by atoms with Crippen LogP contribution in [0, 0.1) is 0 Å². The molecular weight excluding hydrogens is 257 g/mol. The van der Waals surface area contributed by atoms with Crippen LogP contribution in [-0.2, 0) is 0 Å². The molecule has 0 aliphatic rings. The fourth-order valence-corrected chi connectivity index (χ4v) is 2.58. The van der Waals surface area contributed by atoms with E-state index in [4.69, 9.17) is 4.74 Å². The van der Waals surface area contributed by atoms with Gasteiger partial charge in [0.2, 0.25) is 7.98 Å². The highest BCUT2D eigenvalue weighted by molar-refractivity contribution is 6.18. The van der Waals surface area contributed by atoms with Gasteiger partial charge in [0, 0.05) is 17.1 Å². The van der Waals surface area contributed by atoms with E-state index in [1.54, 1.807) is 7.11 Å². The third kappa shape index (κ3) is 3.23. The first-order valence-electron chi connectivity index (χ1n) is 7.39. The van der Waals surface area contributed by atoms with Gasteiger partial charge in [0.05, 0.1) is 7.11 Å². The molecule has 0 aliphatic carbocycles. The number of methoxy groups -OCH3 is 1. The summed E-state index contributed by atoms with van der Waals surface area (Å²) >= 11 is 0. The van der Waals surface area contributed by atoms with E-state index in [0.29, 0.717) is 5.92 Å². The van der Waals surface area contributed by atoms with Gasteiger partial charge in [-0.25, -0.2) is 0 Å². The number of hydrogen-bond acceptors (Lipinski definition) is 2. The number of benzene rings is 2. The maximum Gasteiger partial charge on any atom is 0.218 e. The standard InChI is InChI=1S/C18H24BNO/c1-14(15-8-6-5-7-9-15)18(2,3)20(19)16-10-12-17(21-4)13-11-16/h5-14H,19H2,1-4H3. The summed E-state index contributed by atoms with van der Waals surface area (Å²) in [5, 5.41) is 0. The van der Waals surface area contributed by atoms with Crippen molar-refractivity contribution in [1.82, 2.24) is 0 Å². The molecule has 1 unspecified atom stereocenters. The lowest BCUT2D eigenvalue weighted by molar-refractivity contribution is 0.414. The van der Waals surface area contributed by atoms with Crippen molar-refractivity contribution in [2.45, 2.75) is 32.2 Å². The number of hydrogen-bond donors (Lipinski definition) is 0. The fourth-order valence-electron chi connectivity index (χ4n) is 2.58. The first-order valence-corrected chi connectivity index (χ1v) is 7.39. The zero-order chi connectivity index (χ0) is 15.5. The van der Waals surface area contributed by atoms with Gasteiger partial charge < -0.3 is 9.55 Å². The average molecular weight is 281 g/mol. The number of nitrogens with zero attached hydrogens (tertiary/aromatic N) is 1. The van der Waals surface area contributed by atoms with Crippen LogP contribution < -0.4 is 9.55 Å². The van der Waals surface area contributed by atoms with E-state index >= 15 is 0 Å². The van der Waals surface area contributed by atoms with Crippen LogP contribution in [-0.4, -0.2) is 20.6 Å². The SMILES string of the molecule is BN(c1ccc(OC)cc1)C(C)(C)C(C)c1ccccc1. The second-order valence-electron chi connectivity index (χ2n) is 6.04. The Labute approximate surface area is 129 Å². The molecule has 0 spiro atoms. The van der Waals surface area contributed by atoms with Gasteiger partial charge in [-0.3, -0.25) is 0 Å². The van der Waals surface area contributed by atoms with Crippen molar-refractivity contribution in [3.8, 4) is 5.75 Å². The van der Waals surface area contributed by atoms with E-state index in [-0.39, 0.29) is 5.54 Å². The minimum Gasteiger partial charge on any atom is -0.497 e. The molecule has 110 valence electrons. The molecule has 0 heterocycles. The molecular formula is C18H24BNO. The number of ether oxygens (including phenoxy) is 1. The van der Waals surface area contributed by atoms with Gasteiger partial charge in [0.25, 0.3) is 0 Å². The van der Waals surface area contributed by atoms with Crippen LogP contribution >= 0.6 is 0 Å². The summed E-state index contributed by atoms with van der Waals surface area (Å²) in [6.45, 7) is 6.86. The lowest BCUT2D eigenvalue weighted by atomic mass is 9.80. The van der Waals surface area contributed by atoms with E-state index < -0.39 is 0 Å². The maximum absolute atomic E-state index is 5.23. The van der Waals surface area contributed by atoms with Crippen molar-refractivity contribution < 1.29 is 4.74 Å². The average Bonchev–Trinajstić information content (AvgIpc) is 2.54. The van der Waals surface area contributed by atoms with Crippen molar-refractivity contribution in [3.63, 3.8) is 0 Å². The van der Waals surface area contributed by atoms with E-state index in [1.165, 1.54) is 11.3 Å². The third-order valence-corrected chi connectivity index (χ3v) is 4.68. The van der Waals surface area contributed by atoms with Crippen LogP contribution in [0.3, 0.4) is 0 Å². The molecule has 0 aliphatic heterocycles. The minimum absolute atomic E-state index is 0.00986. The summed E-state index contributed by atoms with van der Waals surface area (Å²) in [5.74, 6) is 1.31. The zero-order valence-electron chi connectivity index (χ0n) is 13.6.